The van der Waals surface area contributed by atoms with Gasteiger partial charge in [-0.2, -0.15) is 0 Å². The van der Waals surface area contributed by atoms with Crippen LogP contribution in [-0.4, -0.2) is 51.6 Å². The number of amides is 1. The van der Waals surface area contributed by atoms with Crippen LogP contribution in [0.3, 0.4) is 0 Å². The summed E-state index contributed by atoms with van der Waals surface area (Å²) in [5.74, 6) is 1.87. The minimum Gasteiger partial charge on any atom is -0.493 e. The molecule has 0 aliphatic heterocycles. The van der Waals surface area contributed by atoms with E-state index in [0.717, 1.165) is 11.1 Å². The molecule has 2 N–H and O–H groups in total. The number of nitrogens with one attached hydrogen (secondary N) is 2. The molecule has 0 spiro atoms. The molecule has 0 heterocycles. The van der Waals surface area contributed by atoms with Gasteiger partial charge in [-0.05, 0) is 23.3 Å². The van der Waals surface area contributed by atoms with E-state index in [4.69, 9.17) is 9.47 Å². The Balaban J connectivity index is 2.08. The number of rotatable bonds is 8. The molecule has 0 aliphatic rings. The largest absolute Gasteiger partial charge is 0.493 e. The number of ether oxygens (including phenoxy) is 2. The quantitative estimate of drug-likeness (QED) is 0.538. The maximum atomic E-state index is 11.9. The van der Waals surface area contributed by atoms with E-state index in [9.17, 15) is 4.79 Å². The van der Waals surface area contributed by atoms with E-state index in [2.05, 4.69) is 15.6 Å². The first kappa shape index (κ1) is 21.1. The summed E-state index contributed by atoms with van der Waals surface area (Å²) in [5.41, 5.74) is 2.10. The van der Waals surface area contributed by atoms with Gasteiger partial charge in [-0.25, -0.2) is 4.99 Å². The molecular formula is C21H28N4O3. The van der Waals surface area contributed by atoms with Crippen molar-refractivity contribution in [2.45, 2.75) is 13.1 Å². The predicted octanol–water partition coefficient (Wildman–Crippen LogP) is 2.03. The lowest BCUT2D eigenvalue weighted by molar-refractivity contribution is -0.127. The van der Waals surface area contributed by atoms with E-state index >= 15 is 0 Å². The standard InChI is InChI=1S/C21H28N4O3/c1-25(2)20(26)15-24-21(22-13-16-8-6-5-7-9-16)23-14-17-10-11-18(27-3)19(12-17)28-4/h5-12H,13-15H2,1-4H3,(H2,22,23,24). The van der Waals surface area contributed by atoms with Crippen LogP contribution in [0.15, 0.2) is 53.5 Å². The molecule has 0 aromatic heterocycles. The maximum absolute atomic E-state index is 11.9. The van der Waals surface area contributed by atoms with Crippen LogP contribution < -0.4 is 20.1 Å². The topological polar surface area (TPSA) is 75.2 Å². The average Bonchev–Trinajstić information content (AvgIpc) is 2.73. The van der Waals surface area contributed by atoms with Gasteiger partial charge in [0.2, 0.25) is 5.91 Å². The third kappa shape index (κ3) is 6.50. The second-order valence-electron chi connectivity index (χ2n) is 6.34. The highest BCUT2D eigenvalue weighted by Gasteiger charge is 2.07. The van der Waals surface area contributed by atoms with Gasteiger partial charge in [0.05, 0.1) is 27.3 Å². The fraction of sp³-hybridized carbons (Fsp3) is 0.333. The Bertz CT molecular complexity index is 791. The molecule has 0 aliphatic carbocycles. The number of aliphatic imine (C=N–C) groups is 1. The number of likely N-dealkylation sites (N-methyl/N-ethyl adjacent to an activating group) is 1. The molecule has 0 radical (unpaired) electrons. The summed E-state index contributed by atoms with van der Waals surface area (Å²) in [7, 11) is 6.66. The molecule has 0 saturated carbocycles. The summed E-state index contributed by atoms with van der Waals surface area (Å²) in [6.07, 6.45) is 0. The second kappa shape index (κ2) is 10.8. The van der Waals surface area contributed by atoms with Crippen molar-refractivity contribution in [3.8, 4) is 11.5 Å². The van der Waals surface area contributed by atoms with Crippen molar-refractivity contribution >= 4 is 11.9 Å². The van der Waals surface area contributed by atoms with Crippen LogP contribution in [0, 0.1) is 0 Å². The summed E-state index contributed by atoms with van der Waals surface area (Å²) >= 11 is 0. The van der Waals surface area contributed by atoms with E-state index in [-0.39, 0.29) is 12.5 Å². The molecule has 7 nitrogen and oxygen atoms in total. The smallest absolute Gasteiger partial charge is 0.241 e. The number of hydrogen-bond acceptors (Lipinski definition) is 4. The Hall–Kier alpha value is -3.22. The Kier molecular flexibility index (Phi) is 8.14. The first-order valence-corrected chi connectivity index (χ1v) is 9.00. The number of carbonyl (C=O) groups excluding carboxylic acids is 1. The van der Waals surface area contributed by atoms with E-state index in [1.54, 1.807) is 28.3 Å². The van der Waals surface area contributed by atoms with Gasteiger partial charge in [0.25, 0.3) is 0 Å². The lowest BCUT2D eigenvalue weighted by atomic mass is 10.2. The van der Waals surface area contributed by atoms with Crippen molar-refractivity contribution in [1.82, 2.24) is 15.5 Å². The lowest BCUT2D eigenvalue weighted by Gasteiger charge is -2.15. The molecule has 0 saturated heterocycles. The molecule has 0 unspecified atom stereocenters. The number of hydrogen-bond donors (Lipinski definition) is 2. The molecule has 2 aromatic rings. The summed E-state index contributed by atoms with van der Waals surface area (Å²) in [6.45, 7) is 1.20. The van der Waals surface area contributed by atoms with E-state index in [1.807, 2.05) is 48.5 Å². The summed E-state index contributed by atoms with van der Waals surface area (Å²) < 4.78 is 10.6. The number of methoxy groups -OCH3 is 2. The highest BCUT2D eigenvalue weighted by atomic mass is 16.5. The lowest BCUT2D eigenvalue weighted by Crippen LogP contribution is -2.42. The van der Waals surface area contributed by atoms with Crippen molar-refractivity contribution in [1.29, 1.82) is 0 Å². The fourth-order valence-electron chi connectivity index (χ4n) is 2.42. The molecule has 150 valence electrons. The highest BCUT2D eigenvalue weighted by Crippen LogP contribution is 2.27. The maximum Gasteiger partial charge on any atom is 0.241 e. The van der Waals surface area contributed by atoms with Crippen molar-refractivity contribution in [2.24, 2.45) is 4.99 Å². The van der Waals surface area contributed by atoms with Crippen LogP contribution >= 0.6 is 0 Å². The van der Waals surface area contributed by atoms with Crippen LogP contribution in [0.4, 0.5) is 0 Å². The van der Waals surface area contributed by atoms with Gasteiger partial charge in [-0.1, -0.05) is 36.4 Å². The molecule has 0 fully saturated rings. The Morgan fingerprint density at radius 3 is 2.32 bits per heavy atom. The Morgan fingerprint density at radius 2 is 1.68 bits per heavy atom. The van der Waals surface area contributed by atoms with E-state index in [0.29, 0.717) is 30.5 Å². The summed E-state index contributed by atoms with van der Waals surface area (Å²) in [5, 5.41) is 6.35. The second-order valence-corrected chi connectivity index (χ2v) is 6.34. The van der Waals surface area contributed by atoms with Crippen LogP contribution in [0.5, 0.6) is 11.5 Å². The summed E-state index contributed by atoms with van der Waals surface area (Å²) in [6, 6.07) is 15.7. The first-order valence-electron chi connectivity index (χ1n) is 9.00. The number of carbonyl (C=O) groups is 1. The minimum atomic E-state index is -0.0275. The summed E-state index contributed by atoms with van der Waals surface area (Å²) in [4.78, 5) is 18.0. The van der Waals surface area contributed by atoms with Crippen molar-refractivity contribution < 1.29 is 14.3 Å². The minimum absolute atomic E-state index is 0.0275. The van der Waals surface area contributed by atoms with Gasteiger partial charge in [-0.3, -0.25) is 4.79 Å². The first-order chi connectivity index (χ1) is 13.5. The molecule has 28 heavy (non-hydrogen) atoms. The van der Waals surface area contributed by atoms with Gasteiger partial charge in [0, 0.05) is 20.6 Å². The predicted molar refractivity (Wildman–Crippen MR) is 111 cm³/mol. The molecule has 2 aromatic carbocycles. The number of nitrogens with zero attached hydrogens (tertiary/aromatic N) is 2. The zero-order valence-electron chi connectivity index (χ0n) is 16.9. The molecule has 7 heteroatoms. The van der Waals surface area contributed by atoms with Crippen LogP contribution in [-0.2, 0) is 17.9 Å². The highest BCUT2D eigenvalue weighted by molar-refractivity contribution is 5.86. The van der Waals surface area contributed by atoms with Crippen LogP contribution in [0.25, 0.3) is 0 Å². The van der Waals surface area contributed by atoms with Gasteiger partial charge in [0.1, 0.15) is 0 Å². The fourth-order valence-corrected chi connectivity index (χ4v) is 2.42. The van der Waals surface area contributed by atoms with Gasteiger partial charge >= 0.3 is 0 Å². The Morgan fingerprint density at radius 1 is 0.964 bits per heavy atom. The molecule has 2 rings (SSSR count). The Labute approximate surface area is 166 Å². The third-order valence-corrected chi connectivity index (χ3v) is 4.08. The van der Waals surface area contributed by atoms with Gasteiger partial charge in [0.15, 0.2) is 17.5 Å². The average molecular weight is 384 g/mol. The van der Waals surface area contributed by atoms with E-state index < -0.39 is 0 Å². The molecule has 1 amide bonds. The zero-order valence-corrected chi connectivity index (χ0v) is 16.9. The van der Waals surface area contributed by atoms with Crippen LogP contribution in [0.2, 0.25) is 0 Å². The van der Waals surface area contributed by atoms with Gasteiger partial charge < -0.3 is 25.0 Å². The van der Waals surface area contributed by atoms with E-state index in [1.165, 1.54) is 4.90 Å². The zero-order chi connectivity index (χ0) is 20.4. The van der Waals surface area contributed by atoms with Crippen LogP contribution in [0.1, 0.15) is 11.1 Å². The monoisotopic (exact) mass is 384 g/mol. The van der Waals surface area contributed by atoms with Gasteiger partial charge in [-0.15, -0.1) is 0 Å². The number of benzene rings is 2. The van der Waals surface area contributed by atoms with Crippen molar-refractivity contribution in [3.63, 3.8) is 0 Å². The molecule has 0 bridgehead atoms. The normalized spacial score (nSPS) is 10.9. The van der Waals surface area contributed by atoms with Crippen molar-refractivity contribution in [2.75, 3.05) is 34.9 Å². The molecule has 0 atom stereocenters. The molecular weight excluding hydrogens is 356 g/mol. The van der Waals surface area contributed by atoms with Crippen molar-refractivity contribution in [3.05, 3.63) is 59.7 Å². The number of guanidine groups is 1. The SMILES string of the molecule is COc1ccc(CN=C(NCC(=O)N(C)C)NCc2ccccc2)cc1OC. The third-order valence-electron chi connectivity index (χ3n) is 4.08.